The predicted octanol–water partition coefficient (Wildman–Crippen LogP) is -0.454. The molecule has 0 saturated heterocycles. The van der Waals surface area contributed by atoms with Crippen LogP contribution in [0.5, 0.6) is 0 Å². The van der Waals surface area contributed by atoms with E-state index in [0.717, 1.165) is 13.0 Å². The summed E-state index contributed by atoms with van der Waals surface area (Å²) in [5.74, 6) is -1.23. The van der Waals surface area contributed by atoms with Gasteiger partial charge in [0.1, 0.15) is 6.54 Å². The Kier molecular flexibility index (Phi) is 8.46. The highest BCUT2D eigenvalue weighted by molar-refractivity contribution is 5.82. The molecule has 0 heterocycles. The summed E-state index contributed by atoms with van der Waals surface area (Å²) in [5.41, 5.74) is 0. The number of nitrogens with zero attached hydrogens (tertiary/aromatic N) is 1. The van der Waals surface area contributed by atoms with Crippen molar-refractivity contribution in [1.29, 1.82) is 0 Å². The average molecular weight is 232 g/mol. The molecule has 0 aliphatic carbocycles. The number of aliphatic carboxylic acids is 1. The molecule has 0 rings (SSSR count). The molecule has 0 aliphatic heterocycles. The second kappa shape index (κ2) is 9.11. The number of ether oxygens (including phenoxy) is 1. The lowest BCUT2D eigenvalue weighted by Gasteiger charge is -2.20. The molecule has 0 radical (unpaired) electrons. The summed E-state index contributed by atoms with van der Waals surface area (Å²) < 4.78 is 4.82. The first-order chi connectivity index (χ1) is 7.61. The van der Waals surface area contributed by atoms with Crippen molar-refractivity contribution >= 4 is 11.9 Å². The predicted molar refractivity (Wildman–Crippen MR) is 59.3 cm³/mol. The lowest BCUT2D eigenvalue weighted by molar-refractivity contribution is -0.144. The lowest BCUT2D eigenvalue weighted by atomic mass is 10.4. The van der Waals surface area contributed by atoms with Crippen LogP contribution < -0.4 is 5.32 Å². The number of carbonyl (C=O) groups excluding carboxylic acids is 1. The molecule has 0 aromatic carbocycles. The minimum atomic E-state index is -1.01. The van der Waals surface area contributed by atoms with Crippen LogP contribution in [0, 0.1) is 0 Å². The smallest absolute Gasteiger partial charge is 0.323 e. The summed E-state index contributed by atoms with van der Waals surface area (Å²) in [4.78, 5) is 23.4. The highest BCUT2D eigenvalue weighted by Crippen LogP contribution is 1.90. The van der Waals surface area contributed by atoms with Gasteiger partial charge in [-0.15, -0.1) is 0 Å². The maximum atomic E-state index is 11.6. The third-order valence-corrected chi connectivity index (χ3v) is 1.95. The van der Waals surface area contributed by atoms with Gasteiger partial charge in [0, 0.05) is 13.7 Å². The number of hydrogen-bond acceptors (Lipinski definition) is 4. The molecule has 0 spiro atoms. The van der Waals surface area contributed by atoms with Gasteiger partial charge in [0.25, 0.3) is 0 Å². The molecule has 94 valence electrons. The molecule has 0 atom stereocenters. The first-order valence-corrected chi connectivity index (χ1v) is 5.31. The quantitative estimate of drug-likeness (QED) is 0.526. The van der Waals surface area contributed by atoms with Crippen molar-refractivity contribution in [2.24, 2.45) is 0 Å². The molecule has 0 aromatic heterocycles. The Bertz CT molecular complexity index is 221. The summed E-state index contributed by atoms with van der Waals surface area (Å²) in [6.45, 7) is 3.28. The number of methoxy groups -OCH3 is 1. The van der Waals surface area contributed by atoms with Crippen LogP contribution in [0.4, 0.5) is 0 Å². The van der Waals surface area contributed by atoms with Crippen LogP contribution in [0.25, 0.3) is 0 Å². The highest BCUT2D eigenvalue weighted by Gasteiger charge is 2.15. The number of rotatable bonds is 9. The van der Waals surface area contributed by atoms with Gasteiger partial charge in [-0.25, -0.2) is 0 Å². The second-order valence-corrected chi connectivity index (χ2v) is 3.38. The Morgan fingerprint density at radius 2 is 2.12 bits per heavy atom. The van der Waals surface area contributed by atoms with E-state index in [9.17, 15) is 9.59 Å². The molecular formula is C10H20N2O4. The molecule has 2 N–H and O–H groups in total. The molecular weight excluding hydrogens is 212 g/mol. The number of hydrogen-bond donors (Lipinski definition) is 2. The number of carbonyl (C=O) groups is 2. The molecule has 0 fully saturated rings. The van der Waals surface area contributed by atoms with Crippen LogP contribution in [0.1, 0.15) is 13.3 Å². The van der Waals surface area contributed by atoms with E-state index >= 15 is 0 Å². The number of nitrogens with one attached hydrogen (secondary N) is 1. The SMILES string of the molecule is CCCNCC(=O)N(CCOC)CC(=O)O. The average Bonchev–Trinajstić information content (AvgIpc) is 2.23. The van der Waals surface area contributed by atoms with Gasteiger partial charge in [-0.05, 0) is 13.0 Å². The van der Waals surface area contributed by atoms with E-state index < -0.39 is 5.97 Å². The normalized spacial score (nSPS) is 10.1. The first kappa shape index (κ1) is 14.9. The fourth-order valence-electron chi connectivity index (χ4n) is 1.14. The van der Waals surface area contributed by atoms with Gasteiger partial charge in [0.2, 0.25) is 5.91 Å². The maximum absolute atomic E-state index is 11.6. The van der Waals surface area contributed by atoms with E-state index in [1.165, 1.54) is 12.0 Å². The van der Waals surface area contributed by atoms with Crippen molar-refractivity contribution in [3.05, 3.63) is 0 Å². The van der Waals surface area contributed by atoms with Gasteiger partial charge < -0.3 is 20.1 Å². The summed E-state index contributed by atoms with van der Waals surface area (Å²) in [5, 5.41) is 11.6. The van der Waals surface area contributed by atoms with E-state index in [1.54, 1.807) is 0 Å². The zero-order chi connectivity index (χ0) is 12.4. The Morgan fingerprint density at radius 3 is 2.62 bits per heavy atom. The fraction of sp³-hybridized carbons (Fsp3) is 0.800. The Hall–Kier alpha value is -1.14. The van der Waals surface area contributed by atoms with Crippen molar-refractivity contribution in [2.75, 3.05) is 39.9 Å². The van der Waals surface area contributed by atoms with E-state index in [0.29, 0.717) is 13.2 Å². The standard InChI is InChI=1S/C10H20N2O4/c1-3-4-11-7-9(13)12(5-6-16-2)8-10(14)15/h11H,3-8H2,1-2H3,(H,14,15). The monoisotopic (exact) mass is 232 g/mol. The van der Waals surface area contributed by atoms with Crippen LogP contribution >= 0.6 is 0 Å². The topological polar surface area (TPSA) is 78.9 Å². The summed E-state index contributed by atoms with van der Waals surface area (Å²) in [7, 11) is 1.51. The van der Waals surface area contributed by atoms with Crippen molar-refractivity contribution in [3.8, 4) is 0 Å². The van der Waals surface area contributed by atoms with Gasteiger partial charge in [0.15, 0.2) is 0 Å². The Labute approximate surface area is 95.6 Å². The molecule has 0 bridgehead atoms. The third kappa shape index (κ3) is 7.19. The van der Waals surface area contributed by atoms with Crippen LogP contribution in [0.15, 0.2) is 0 Å². The Balaban J connectivity index is 4.04. The van der Waals surface area contributed by atoms with Gasteiger partial charge in [0.05, 0.1) is 13.2 Å². The molecule has 1 amide bonds. The van der Waals surface area contributed by atoms with E-state index in [2.05, 4.69) is 5.32 Å². The summed E-state index contributed by atoms with van der Waals surface area (Å²) in [6.07, 6.45) is 0.935. The van der Waals surface area contributed by atoms with Crippen LogP contribution in [-0.4, -0.2) is 61.8 Å². The zero-order valence-electron chi connectivity index (χ0n) is 9.86. The minimum absolute atomic E-state index is 0.171. The van der Waals surface area contributed by atoms with Gasteiger partial charge in [-0.2, -0.15) is 0 Å². The molecule has 0 saturated carbocycles. The summed E-state index contributed by atoms with van der Waals surface area (Å²) >= 11 is 0. The van der Waals surface area contributed by atoms with Gasteiger partial charge in [-0.3, -0.25) is 9.59 Å². The molecule has 6 nitrogen and oxygen atoms in total. The number of carboxylic acids is 1. The van der Waals surface area contributed by atoms with Gasteiger partial charge >= 0.3 is 5.97 Å². The van der Waals surface area contributed by atoms with Crippen molar-refractivity contribution in [3.63, 3.8) is 0 Å². The minimum Gasteiger partial charge on any atom is -0.480 e. The van der Waals surface area contributed by atoms with Crippen LogP contribution in [0.2, 0.25) is 0 Å². The molecule has 0 unspecified atom stereocenters. The lowest BCUT2D eigenvalue weighted by Crippen LogP contribution is -2.42. The van der Waals surface area contributed by atoms with Crippen molar-refractivity contribution in [1.82, 2.24) is 10.2 Å². The number of amides is 1. The molecule has 16 heavy (non-hydrogen) atoms. The zero-order valence-corrected chi connectivity index (χ0v) is 9.86. The fourth-order valence-corrected chi connectivity index (χ4v) is 1.14. The second-order valence-electron chi connectivity index (χ2n) is 3.38. The Morgan fingerprint density at radius 1 is 1.44 bits per heavy atom. The largest absolute Gasteiger partial charge is 0.480 e. The third-order valence-electron chi connectivity index (χ3n) is 1.95. The molecule has 0 aliphatic rings. The van der Waals surface area contributed by atoms with E-state index in [-0.39, 0.29) is 19.0 Å². The van der Waals surface area contributed by atoms with E-state index in [1.807, 2.05) is 6.92 Å². The van der Waals surface area contributed by atoms with Crippen molar-refractivity contribution < 1.29 is 19.4 Å². The molecule has 0 aromatic rings. The maximum Gasteiger partial charge on any atom is 0.323 e. The number of carboxylic acid groups (broad SMARTS) is 1. The van der Waals surface area contributed by atoms with E-state index in [4.69, 9.17) is 9.84 Å². The first-order valence-electron chi connectivity index (χ1n) is 5.31. The molecule has 6 heteroatoms. The van der Waals surface area contributed by atoms with Crippen LogP contribution in [0.3, 0.4) is 0 Å². The highest BCUT2D eigenvalue weighted by atomic mass is 16.5. The van der Waals surface area contributed by atoms with Gasteiger partial charge in [-0.1, -0.05) is 6.92 Å². The van der Waals surface area contributed by atoms with Crippen LogP contribution in [-0.2, 0) is 14.3 Å². The van der Waals surface area contributed by atoms with Crippen molar-refractivity contribution in [2.45, 2.75) is 13.3 Å². The summed E-state index contributed by atoms with van der Waals surface area (Å²) in [6, 6.07) is 0.